The highest BCUT2D eigenvalue weighted by Gasteiger charge is 2.17. The molecule has 74 valence electrons. The van der Waals surface area contributed by atoms with Crippen molar-refractivity contribution in [1.29, 1.82) is 5.26 Å². The van der Waals surface area contributed by atoms with Crippen molar-refractivity contribution in [3.8, 4) is 6.07 Å². The average molecular weight is 191 g/mol. The fraction of sp³-hybridized carbons (Fsp3) is 0.364. The summed E-state index contributed by atoms with van der Waals surface area (Å²) in [6, 6.07) is 9.08. The molecule has 2 N–H and O–H groups in total. The molecular weight excluding hydrogens is 178 g/mol. The van der Waals surface area contributed by atoms with E-state index in [4.69, 9.17) is 5.26 Å². The van der Waals surface area contributed by atoms with Gasteiger partial charge in [0, 0.05) is 0 Å². The van der Waals surface area contributed by atoms with Crippen molar-refractivity contribution in [3.63, 3.8) is 0 Å². The van der Waals surface area contributed by atoms with Gasteiger partial charge in [0.15, 0.2) is 0 Å². The zero-order valence-corrected chi connectivity index (χ0v) is 8.01. The monoisotopic (exact) mass is 191 g/mol. The van der Waals surface area contributed by atoms with E-state index in [-0.39, 0.29) is 6.42 Å². The average Bonchev–Trinajstić information content (AvgIpc) is 2.17. The maximum atomic E-state index is 9.64. The zero-order chi connectivity index (χ0) is 10.6. The van der Waals surface area contributed by atoms with Crippen molar-refractivity contribution >= 4 is 0 Å². The van der Waals surface area contributed by atoms with Crippen LogP contribution in [0.15, 0.2) is 24.3 Å². The minimum atomic E-state index is -1.01. The van der Waals surface area contributed by atoms with Crippen LogP contribution in [0, 0.1) is 18.3 Å². The molecule has 3 heteroatoms. The quantitative estimate of drug-likeness (QED) is 0.757. The molecule has 0 fully saturated rings. The Bertz CT molecular complexity index is 343. The van der Waals surface area contributed by atoms with Gasteiger partial charge in [0.1, 0.15) is 6.10 Å². The lowest BCUT2D eigenvalue weighted by Gasteiger charge is -2.15. The molecule has 3 nitrogen and oxygen atoms in total. The number of aliphatic hydroxyl groups excluding tert-OH is 2. The first kappa shape index (κ1) is 10.7. The van der Waals surface area contributed by atoms with E-state index in [9.17, 15) is 10.2 Å². The van der Waals surface area contributed by atoms with E-state index >= 15 is 0 Å². The fourth-order valence-electron chi connectivity index (χ4n) is 1.28. The summed E-state index contributed by atoms with van der Waals surface area (Å²) in [4.78, 5) is 0. The Balaban J connectivity index is 2.79. The van der Waals surface area contributed by atoms with Crippen LogP contribution < -0.4 is 0 Å². The second-order valence-corrected chi connectivity index (χ2v) is 3.29. The Hall–Kier alpha value is -1.37. The lowest BCUT2D eigenvalue weighted by Crippen LogP contribution is -2.17. The van der Waals surface area contributed by atoms with E-state index in [1.807, 2.05) is 25.1 Å². The third-order valence-electron chi connectivity index (χ3n) is 2.05. The third-order valence-corrected chi connectivity index (χ3v) is 2.05. The second-order valence-electron chi connectivity index (χ2n) is 3.29. The summed E-state index contributed by atoms with van der Waals surface area (Å²) in [6.45, 7) is 1.91. The molecule has 0 aliphatic rings. The largest absolute Gasteiger partial charge is 0.389 e. The summed E-state index contributed by atoms with van der Waals surface area (Å²) >= 11 is 0. The van der Waals surface area contributed by atoms with Gasteiger partial charge >= 0.3 is 0 Å². The first-order chi connectivity index (χ1) is 6.65. The molecule has 14 heavy (non-hydrogen) atoms. The number of hydrogen-bond acceptors (Lipinski definition) is 3. The molecule has 1 aromatic rings. The summed E-state index contributed by atoms with van der Waals surface area (Å²) in [5, 5.41) is 27.4. The van der Waals surface area contributed by atoms with Crippen LogP contribution >= 0.6 is 0 Å². The number of aryl methyl sites for hydroxylation is 1. The molecule has 0 saturated carbocycles. The Labute approximate surface area is 83.2 Å². The van der Waals surface area contributed by atoms with Crippen molar-refractivity contribution in [1.82, 2.24) is 0 Å². The number of hydrogen-bond donors (Lipinski definition) is 2. The number of benzene rings is 1. The van der Waals surface area contributed by atoms with E-state index in [0.717, 1.165) is 5.56 Å². The van der Waals surface area contributed by atoms with Crippen LogP contribution in [0.5, 0.6) is 0 Å². The van der Waals surface area contributed by atoms with E-state index in [2.05, 4.69) is 0 Å². The molecule has 0 bridgehead atoms. The van der Waals surface area contributed by atoms with E-state index in [0.29, 0.717) is 5.56 Å². The van der Waals surface area contributed by atoms with Gasteiger partial charge in [0.2, 0.25) is 0 Å². The molecule has 0 spiro atoms. The van der Waals surface area contributed by atoms with Crippen molar-refractivity contribution in [2.75, 3.05) is 0 Å². The Morgan fingerprint density at radius 3 is 2.71 bits per heavy atom. The zero-order valence-electron chi connectivity index (χ0n) is 8.01. The summed E-state index contributed by atoms with van der Waals surface area (Å²) in [6.07, 6.45) is -2.05. The van der Waals surface area contributed by atoms with Crippen LogP contribution in [0.4, 0.5) is 0 Å². The van der Waals surface area contributed by atoms with Gasteiger partial charge in [-0.3, -0.25) is 0 Å². The van der Waals surface area contributed by atoms with Crippen LogP contribution in [0.1, 0.15) is 23.7 Å². The van der Waals surface area contributed by atoms with E-state index in [1.54, 1.807) is 12.1 Å². The van der Waals surface area contributed by atoms with Gasteiger partial charge in [-0.15, -0.1) is 0 Å². The molecule has 0 aliphatic carbocycles. The smallest absolute Gasteiger partial charge is 0.106 e. The van der Waals surface area contributed by atoms with E-state index < -0.39 is 12.2 Å². The number of nitrogens with zero attached hydrogens (tertiary/aromatic N) is 1. The fourth-order valence-corrected chi connectivity index (χ4v) is 1.28. The lowest BCUT2D eigenvalue weighted by molar-refractivity contribution is 0.0216. The highest BCUT2D eigenvalue weighted by molar-refractivity contribution is 5.24. The maximum Gasteiger partial charge on any atom is 0.106 e. The van der Waals surface area contributed by atoms with Gasteiger partial charge in [-0.2, -0.15) is 5.26 Å². The second kappa shape index (κ2) is 4.75. The van der Waals surface area contributed by atoms with Crippen molar-refractivity contribution in [3.05, 3.63) is 35.4 Å². The Morgan fingerprint density at radius 2 is 2.14 bits per heavy atom. The molecule has 0 heterocycles. The van der Waals surface area contributed by atoms with Gasteiger partial charge in [0.25, 0.3) is 0 Å². The van der Waals surface area contributed by atoms with Crippen LogP contribution in [0.25, 0.3) is 0 Å². The van der Waals surface area contributed by atoms with Gasteiger partial charge in [-0.1, -0.05) is 29.8 Å². The molecule has 1 aromatic carbocycles. The van der Waals surface area contributed by atoms with Gasteiger partial charge in [-0.05, 0) is 12.5 Å². The number of aliphatic hydroxyl groups is 2. The molecule has 1 rings (SSSR count). The summed E-state index contributed by atoms with van der Waals surface area (Å²) < 4.78 is 0. The topological polar surface area (TPSA) is 64.2 Å². The minimum Gasteiger partial charge on any atom is -0.389 e. The molecule has 0 amide bonds. The maximum absolute atomic E-state index is 9.64. The highest BCUT2D eigenvalue weighted by Crippen LogP contribution is 2.19. The Morgan fingerprint density at radius 1 is 1.43 bits per heavy atom. The standard InChI is InChI=1S/C11H13NO2/c1-8-3-2-4-9(7-8)11(14)10(13)5-6-12/h2-4,7,10-11,13-14H,5H2,1H3. The van der Waals surface area contributed by atoms with Crippen LogP contribution in [0.2, 0.25) is 0 Å². The first-order valence-electron chi connectivity index (χ1n) is 4.45. The molecule has 0 radical (unpaired) electrons. The predicted molar refractivity (Wildman–Crippen MR) is 52.4 cm³/mol. The van der Waals surface area contributed by atoms with Crippen molar-refractivity contribution in [2.24, 2.45) is 0 Å². The Kier molecular flexibility index (Phi) is 3.63. The van der Waals surface area contributed by atoms with Crippen LogP contribution in [-0.2, 0) is 0 Å². The van der Waals surface area contributed by atoms with Crippen LogP contribution in [-0.4, -0.2) is 16.3 Å². The van der Waals surface area contributed by atoms with E-state index in [1.165, 1.54) is 0 Å². The van der Waals surface area contributed by atoms with Crippen molar-refractivity contribution in [2.45, 2.75) is 25.6 Å². The summed E-state index contributed by atoms with van der Waals surface area (Å²) in [7, 11) is 0. The highest BCUT2D eigenvalue weighted by atomic mass is 16.3. The van der Waals surface area contributed by atoms with Gasteiger partial charge in [-0.25, -0.2) is 0 Å². The molecule has 0 aliphatic heterocycles. The molecule has 0 aromatic heterocycles. The summed E-state index contributed by atoms with van der Waals surface area (Å²) in [5.74, 6) is 0. The normalized spacial score (nSPS) is 14.4. The number of rotatable bonds is 3. The first-order valence-corrected chi connectivity index (χ1v) is 4.45. The SMILES string of the molecule is Cc1cccc(C(O)C(O)CC#N)c1. The van der Waals surface area contributed by atoms with Gasteiger partial charge < -0.3 is 10.2 Å². The third kappa shape index (κ3) is 2.56. The lowest BCUT2D eigenvalue weighted by atomic mass is 10.0. The molecule has 0 saturated heterocycles. The number of nitriles is 1. The molecule has 2 atom stereocenters. The molecule has 2 unspecified atom stereocenters. The predicted octanol–water partition coefficient (Wildman–Crippen LogP) is 1.30. The summed E-state index contributed by atoms with van der Waals surface area (Å²) in [5.41, 5.74) is 1.67. The van der Waals surface area contributed by atoms with Gasteiger partial charge in [0.05, 0.1) is 18.6 Å². The molecular formula is C11H13NO2. The van der Waals surface area contributed by atoms with Crippen LogP contribution in [0.3, 0.4) is 0 Å². The minimum absolute atomic E-state index is 0.0604. The van der Waals surface area contributed by atoms with Crippen molar-refractivity contribution < 1.29 is 10.2 Å².